The van der Waals surface area contributed by atoms with Crippen molar-refractivity contribution in [3.63, 3.8) is 0 Å². The minimum atomic E-state index is 0.0105. The maximum atomic E-state index is 5.91. The molecule has 0 saturated heterocycles. The lowest BCUT2D eigenvalue weighted by Gasteiger charge is -2.18. The zero-order chi connectivity index (χ0) is 11.1. The number of ether oxygens (including phenoxy) is 2. The first-order valence-electron chi connectivity index (χ1n) is 5.42. The molecule has 3 N–H and O–H groups in total. The quantitative estimate of drug-likeness (QED) is 0.769. The fourth-order valence-electron chi connectivity index (χ4n) is 2.06. The second-order valence-electron chi connectivity index (χ2n) is 4.07. The molecule has 4 heteroatoms. The van der Waals surface area contributed by atoms with E-state index >= 15 is 0 Å². The molecule has 0 saturated carbocycles. The fraction of sp³-hybridized carbons (Fsp3) is 0.333. The molecule has 1 aliphatic rings. The normalized spacial score (nSPS) is 16.4. The molecule has 2 aromatic rings. The Morgan fingerprint density at radius 2 is 1.94 bits per heavy atom. The van der Waals surface area contributed by atoms with Crippen LogP contribution in [0.5, 0.6) is 11.5 Å². The molecule has 1 atom stereocenters. The standard InChI is InChI=1S/C12H14N2O2/c1-7(13)9-6-14-10-5-12-11(4-8(9)10)15-2-3-16-12/h4-7,14H,2-3,13H2,1H3. The number of hydrogen-bond donors (Lipinski definition) is 2. The zero-order valence-electron chi connectivity index (χ0n) is 9.12. The predicted molar refractivity (Wildman–Crippen MR) is 61.9 cm³/mol. The Balaban J connectivity index is 2.22. The summed E-state index contributed by atoms with van der Waals surface area (Å²) in [7, 11) is 0. The van der Waals surface area contributed by atoms with Gasteiger partial charge < -0.3 is 20.2 Å². The molecule has 1 aromatic heterocycles. The van der Waals surface area contributed by atoms with Gasteiger partial charge in [0, 0.05) is 29.2 Å². The highest BCUT2D eigenvalue weighted by Crippen LogP contribution is 2.36. The number of H-pyrrole nitrogens is 1. The van der Waals surface area contributed by atoms with E-state index < -0.39 is 0 Å². The van der Waals surface area contributed by atoms with Crippen LogP contribution in [0.25, 0.3) is 10.9 Å². The summed E-state index contributed by atoms with van der Waals surface area (Å²) in [5.41, 5.74) is 8.05. The van der Waals surface area contributed by atoms with E-state index in [1.54, 1.807) is 0 Å². The molecule has 2 heterocycles. The Kier molecular flexibility index (Phi) is 2.04. The lowest BCUT2D eigenvalue weighted by molar-refractivity contribution is 0.172. The Labute approximate surface area is 93.3 Å². The van der Waals surface area contributed by atoms with E-state index in [-0.39, 0.29) is 6.04 Å². The van der Waals surface area contributed by atoms with Gasteiger partial charge in [-0.3, -0.25) is 0 Å². The summed E-state index contributed by atoms with van der Waals surface area (Å²) >= 11 is 0. The number of hydrogen-bond acceptors (Lipinski definition) is 3. The van der Waals surface area contributed by atoms with E-state index in [4.69, 9.17) is 15.2 Å². The van der Waals surface area contributed by atoms with E-state index in [0.29, 0.717) is 13.2 Å². The van der Waals surface area contributed by atoms with E-state index in [1.165, 1.54) is 0 Å². The van der Waals surface area contributed by atoms with Gasteiger partial charge in [0.15, 0.2) is 11.5 Å². The predicted octanol–water partition coefficient (Wildman–Crippen LogP) is 1.96. The van der Waals surface area contributed by atoms with Crippen molar-refractivity contribution in [1.29, 1.82) is 0 Å². The van der Waals surface area contributed by atoms with Crippen molar-refractivity contribution in [2.24, 2.45) is 5.73 Å². The van der Waals surface area contributed by atoms with Gasteiger partial charge in [-0.05, 0) is 18.6 Å². The molecule has 0 radical (unpaired) electrons. The zero-order valence-corrected chi connectivity index (χ0v) is 9.12. The highest BCUT2D eigenvalue weighted by atomic mass is 16.6. The van der Waals surface area contributed by atoms with Crippen molar-refractivity contribution in [3.8, 4) is 11.5 Å². The SMILES string of the molecule is CC(N)c1c[nH]c2cc3c(cc12)OCCO3. The van der Waals surface area contributed by atoms with Crippen LogP contribution in [0.3, 0.4) is 0 Å². The van der Waals surface area contributed by atoms with Gasteiger partial charge in [-0.2, -0.15) is 0 Å². The van der Waals surface area contributed by atoms with Gasteiger partial charge in [0.25, 0.3) is 0 Å². The summed E-state index contributed by atoms with van der Waals surface area (Å²) in [6, 6.07) is 3.98. The first-order valence-corrected chi connectivity index (χ1v) is 5.42. The Bertz CT molecular complexity index is 531. The lowest BCUT2D eigenvalue weighted by atomic mass is 10.1. The number of benzene rings is 1. The fourth-order valence-corrected chi connectivity index (χ4v) is 2.06. The van der Waals surface area contributed by atoms with Gasteiger partial charge in [-0.1, -0.05) is 0 Å². The molecule has 1 aliphatic heterocycles. The second-order valence-corrected chi connectivity index (χ2v) is 4.07. The summed E-state index contributed by atoms with van der Waals surface area (Å²) in [5, 5.41) is 1.11. The first-order chi connectivity index (χ1) is 7.75. The van der Waals surface area contributed by atoms with Gasteiger partial charge in [0.2, 0.25) is 0 Å². The lowest BCUT2D eigenvalue weighted by Crippen LogP contribution is -2.15. The summed E-state index contributed by atoms with van der Waals surface area (Å²) in [4.78, 5) is 3.20. The minimum absolute atomic E-state index is 0.0105. The molecule has 0 amide bonds. The number of nitrogens with two attached hydrogens (primary N) is 1. The van der Waals surface area contributed by atoms with Gasteiger partial charge in [-0.15, -0.1) is 0 Å². The maximum absolute atomic E-state index is 5.91. The van der Waals surface area contributed by atoms with Crippen molar-refractivity contribution in [2.45, 2.75) is 13.0 Å². The summed E-state index contributed by atoms with van der Waals surface area (Å²) in [6.07, 6.45) is 1.95. The van der Waals surface area contributed by atoms with Crippen LogP contribution >= 0.6 is 0 Å². The van der Waals surface area contributed by atoms with Crippen LogP contribution in [0.1, 0.15) is 18.5 Å². The maximum Gasteiger partial charge on any atom is 0.163 e. The third kappa shape index (κ3) is 1.34. The van der Waals surface area contributed by atoms with Crippen LogP contribution in [-0.2, 0) is 0 Å². The molecule has 84 valence electrons. The molecule has 4 nitrogen and oxygen atoms in total. The molecule has 0 aliphatic carbocycles. The van der Waals surface area contributed by atoms with Gasteiger partial charge >= 0.3 is 0 Å². The third-order valence-corrected chi connectivity index (χ3v) is 2.87. The molecular weight excluding hydrogens is 204 g/mol. The number of fused-ring (bicyclic) bond motifs is 2. The van der Waals surface area contributed by atoms with Gasteiger partial charge in [0.1, 0.15) is 13.2 Å². The van der Waals surface area contributed by atoms with Crippen molar-refractivity contribution >= 4 is 10.9 Å². The number of aromatic nitrogens is 1. The van der Waals surface area contributed by atoms with Crippen LogP contribution in [0.4, 0.5) is 0 Å². The number of aromatic amines is 1. The molecule has 3 rings (SSSR count). The van der Waals surface area contributed by atoms with Crippen LogP contribution < -0.4 is 15.2 Å². The summed E-state index contributed by atoms with van der Waals surface area (Å²) < 4.78 is 11.1. The monoisotopic (exact) mass is 218 g/mol. The largest absolute Gasteiger partial charge is 0.486 e. The Morgan fingerprint density at radius 3 is 2.62 bits per heavy atom. The molecular formula is C12H14N2O2. The molecule has 0 fully saturated rings. The highest BCUT2D eigenvalue weighted by Gasteiger charge is 2.16. The van der Waals surface area contributed by atoms with Crippen LogP contribution in [0.2, 0.25) is 0 Å². The Morgan fingerprint density at radius 1 is 1.25 bits per heavy atom. The van der Waals surface area contributed by atoms with Crippen LogP contribution in [0, 0.1) is 0 Å². The third-order valence-electron chi connectivity index (χ3n) is 2.87. The minimum Gasteiger partial charge on any atom is -0.486 e. The summed E-state index contributed by atoms with van der Waals surface area (Å²) in [5.74, 6) is 1.61. The van der Waals surface area contributed by atoms with Crippen molar-refractivity contribution in [1.82, 2.24) is 4.98 Å². The highest BCUT2D eigenvalue weighted by molar-refractivity contribution is 5.87. The number of nitrogens with one attached hydrogen (secondary N) is 1. The first kappa shape index (κ1) is 9.54. The van der Waals surface area contributed by atoms with Crippen LogP contribution in [-0.4, -0.2) is 18.2 Å². The molecule has 0 spiro atoms. The van der Waals surface area contributed by atoms with Crippen molar-refractivity contribution in [3.05, 3.63) is 23.9 Å². The van der Waals surface area contributed by atoms with Crippen molar-refractivity contribution in [2.75, 3.05) is 13.2 Å². The molecule has 1 aromatic carbocycles. The van der Waals surface area contributed by atoms with E-state index in [9.17, 15) is 0 Å². The van der Waals surface area contributed by atoms with E-state index in [0.717, 1.165) is 28.0 Å². The van der Waals surface area contributed by atoms with Gasteiger partial charge in [-0.25, -0.2) is 0 Å². The van der Waals surface area contributed by atoms with Gasteiger partial charge in [0.05, 0.1) is 0 Å². The molecule has 0 bridgehead atoms. The van der Waals surface area contributed by atoms with E-state index in [1.807, 2.05) is 25.3 Å². The smallest absolute Gasteiger partial charge is 0.163 e. The average molecular weight is 218 g/mol. The van der Waals surface area contributed by atoms with E-state index in [2.05, 4.69) is 4.98 Å². The average Bonchev–Trinajstić information content (AvgIpc) is 2.68. The summed E-state index contributed by atoms with van der Waals surface area (Å²) in [6.45, 7) is 3.19. The second kappa shape index (κ2) is 3.42. The van der Waals surface area contributed by atoms with Crippen LogP contribution in [0.15, 0.2) is 18.3 Å². The molecule has 1 unspecified atom stereocenters. The number of rotatable bonds is 1. The molecule has 16 heavy (non-hydrogen) atoms. The topological polar surface area (TPSA) is 60.3 Å². The Hall–Kier alpha value is -1.68. The van der Waals surface area contributed by atoms with Crippen molar-refractivity contribution < 1.29 is 9.47 Å².